The van der Waals surface area contributed by atoms with Crippen LogP contribution < -0.4 is 5.73 Å². The van der Waals surface area contributed by atoms with Gasteiger partial charge in [-0.25, -0.2) is 4.98 Å². The van der Waals surface area contributed by atoms with E-state index in [1.165, 1.54) is 0 Å². The van der Waals surface area contributed by atoms with Gasteiger partial charge >= 0.3 is 0 Å². The molecule has 0 amide bonds. The summed E-state index contributed by atoms with van der Waals surface area (Å²) in [6.45, 7) is 0.453. The van der Waals surface area contributed by atoms with Crippen LogP contribution in [-0.4, -0.2) is 9.97 Å². The van der Waals surface area contributed by atoms with Gasteiger partial charge in [0.2, 0.25) is 0 Å². The normalized spacial score (nSPS) is 11.0. The Labute approximate surface area is 110 Å². The summed E-state index contributed by atoms with van der Waals surface area (Å²) >= 11 is 6.20. The smallest absolute Gasteiger partial charge is 0.137 e. The van der Waals surface area contributed by atoms with Gasteiger partial charge < -0.3 is 10.7 Å². The highest BCUT2D eigenvalue weighted by Gasteiger charge is 2.07. The molecule has 0 aliphatic heterocycles. The number of benzene rings is 1. The average Bonchev–Trinajstić information content (AvgIpc) is 2.86. The molecule has 3 N–H and O–H groups in total. The molecule has 0 aliphatic rings. The van der Waals surface area contributed by atoms with Crippen LogP contribution >= 0.6 is 11.6 Å². The minimum Gasteiger partial charge on any atom is -0.346 e. The number of nitrogens with two attached hydrogens (primary N) is 1. The van der Waals surface area contributed by atoms with Crippen molar-refractivity contribution in [2.45, 2.75) is 6.54 Å². The Morgan fingerprint density at radius 3 is 2.89 bits per heavy atom. The Hall–Kier alpha value is -1.84. The van der Waals surface area contributed by atoms with Gasteiger partial charge in [0.15, 0.2) is 0 Å². The summed E-state index contributed by atoms with van der Waals surface area (Å²) in [4.78, 5) is 7.38. The van der Waals surface area contributed by atoms with Crippen LogP contribution in [0.1, 0.15) is 5.56 Å². The summed E-state index contributed by atoms with van der Waals surface area (Å²) in [7, 11) is 0. The first-order valence-electron chi connectivity index (χ1n) is 5.70. The van der Waals surface area contributed by atoms with Gasteiger partial charge in [0.25, 0.3) is 0 Å². The van der Waals surface area contributed by atoms with E-state index in [2.05, 4.69) is 9.97 Å². The molecule has 0 aliphatic carbocycles. The number of aromatic nitrogens is 2. The molecule has 0 fully saturated rings. The number of rotatable bonds is 2. The Balaban J connectivity index is 2.20. The van der Waals surface area contributed by atoms with Crippen LogP contribution in [0.25, 0.3) is 22.2 Å². The number of nitrogens with one attached hydrogen (secondary N) is 1. The molecule has 3 nitrogen and oxygen atoms in total. The summed E-state index contributed by atoms with van der Waals surface area (Å²) in [6, 6.07) is 9.96. The summed E-state index contributed by atoms with van der Waals surface area (Å²) < 4.78 is 0. The summed E-state index contributed by atoms with van der Waals surface area (Å²) in [5, 5.41) is 1.80. The van der Waals surface area contributed by atoms with Crippen LogP contribution in [0.5, 0.6) is 0 Å². The van der Waals surface area contributed by atoms with Crippen LogP contribution in [0.4, 0.5) is 0 Å². The largest absolute Gasteiger partial charge is 0.346 e. The monoisotopic (exact) mass is 257 g/mol. The highest BCUT2D eigenvalue weighted by molar-refractivity contribution is 6.31. The standard InChI is InChI=1S/C14H12ClN3/c15-13-7-9(1-2-10(13)8-16)11-3-5-17-14-12(11)4-6-18-14/h1-7H,8,16H2,(H,17,18). The molecule has 2 aromatic heterocycles. The number of halogens is 1. The van der Waals surface area contributed by atoms with Crippen LogP contribution in [0, 0.1) is 0 Å². The third-order valence-corrected chi connectivity index (χ3v) is 3.40. The molecule has 2 heterocycles. The maximum absolute atomic E-state index is 6.20. The van der Waals surface area contributed by atoms with E-state index in [0.717, 1.165) is 27.7 Å². The molecule has 18 heavy (non-hydrogen) atoms. The number of hydrogen-bond acceptors (Lipinski definition) is 2. The van der Waals surface area contributed by atoms with Gasteiger partial charge in [-0.15, -0.1) is 0 Å². The zero-order valence-corrected chi connectivity index (χ0v) is 10.4. The van der Waals surface area contributed by atoms with Crippen molar-refractivity contribution in [3.8, 4) is 11.1 Å². The fourth-order valence-corrected chi connectivity index (χ4v) is 2.35. The van der Waals surface area contributed by atoms with Crippen molar-refractivity contribution < 1.29 is 0 Å². The molecule has 0 atom stereocenters. The Kier molecular flexibility index (Phi) is 2.78. The number of pyridine rings is 1. The highest BCUT2D eigenvalue weighted by atomic mass is 35.5. The van der Waals surface area contributed by atoms with E-state index in [4.69, 9.17) is 17.3 Å². The van der Waals surface area contributed by atoms with E-state index in [1.54, 1.807) is 6.20 Å². The van der Waals surface area contributed by atoms with E-state index >= 15 is 0 Å². The molecule has 0 spiro atoms. The van der Waals surface area contributed by atoms with E-state index in [1.807, 2.05) is 36.5 Å². The van der Waals surface area contributed by atoms with E-state index in [-0.39, 0.29) is 0 Å². The molecule has 1 aromatic carbocycles. The lowest BCUT2D eigenvalue weighted by Gasteiger charge is -2.06. The van der Waals surface area contributed by atoms with Gasteiger partial charge in [-0.3, -0.25) is 0 Å². The molecular formula is C14H12ClN3. The molecule has 0 radical (unpaired) electrons. The third-order valence-electron chi connectivity index (χ3n) is 3.04. The number of H-pyrrole nitrogens is 1. The number of aromatic amines is 1. The van der Waals surface area contributed by atoms with Crippen molar-refractivity contribution in [1.82, 2.24) is 9.97 Å². The van der Waals surface area contributed by atoms with Gasteiger partial charge in [-0.2, -0.15) is 0 Å². The molecule has 90 valence electrons. The number of nitrogens with zero attached hydrogens (tertiary/aromatic N) is 1. The van der Waals surface area contributed by atoms with Gasteiger partial charge in [-0.1, -0.05) is 23.7 Å². The molecule has 3 rings (SSSR count). The van der Waals surface area contributed by atoms with E-state index in [9.17, 15) is 0 Å². The highest BCUT2D eigenvalue weighted by Crippen LogP contribution is 2.30. The van der Waals surface area contributed by atoms with Gasteiger partial charge in [-0.05, 0) is 34.9 Å². The lowest BCUT2D eigenvalue weighted by Crippen LogP contribution is -1.97. The molecule has 0 unspecified atom stereocenters. The zero-order valence-electron chi connectivity index (χ0n) is 9.65. The summed E-state index contributed by atoms with van der Waals surface area (Å²) in [5.74, 6) is 0. The fraction of sp³-hybridized carbons (Fsp3) is 0.0714. The predicted molar refractivity (Wildman–Crippen MR) is 74.4 cm³/mol. The van der Waals surface area contributed by atoms with Crippen LogP contribution in [0.15, 0.2) is 42.7 Å². The maximum Gasteiger partial charge on any atom is 0.137 e. The minimum absolute atomic E-state index is 0.453. The first-order valence-corrected chi connectivity index (χ1v) is 6.08. The fourth-order valence-electron chi connectivity index (χ4n) is 2.09. The van der Waals surface area contributed by atoms with Crippen molar-refractivity contribution in [3.63, 3.8) is 0 Å². The van der Waals surface area contributed by atoms with Crippen molar-refractivity contribution in [2.75, 3.05) is 0 Å². The molecule has 4 heteroatoms. The Morgan fingerprint density at radius 1 is 1.22 bits per heavy atom. The third kappa shape index (κ3) is 1.78. The predicted octanol–water partition coefficient (Wildman–Crippen LogP) is 3.34. The second kappa shape index (κ2) is 4.44. The van der Waals surface area contributed by atoms with Crippen LogP contribution in [0.3, 0.4) is 0 Å². The first-order chi connectivity index (χ1) is 8.79. The van der Waals surface area contributed by atoms with Crippen molar-refractivity contribution in [1.29, 1.82) is 0 Å². The second-order valence-electron chi connectivity index (χ2n) is 4.11. The van der Waals surface area contributed by atoms with Crippen molar-refractivity contribution >= 4 is 22.6 Å². The molecule has 3 aromatic rings. The van der Waals surface area contributed by atoms with Crippen LogP contribution in [0.2, 0.25) is 5.02 Å². The van der Waals surface area contributed by atoms with Crippen molar-refractivity contribution in [3.05, 3.63) is 53.3 Å². The minimum atomic E-state index is 0.453. The zero-order chi connectivity index (χ0) is 12.5. The maximum atomic E-state index is 6.20. The molecule has 0 bridgehead atoms. The average molecular weight is 258 g/mol. The first kappa shape index (κ1) is 11.3. The summed E-state index contributed by atoms with van der Waals surface area (Å²) in [5.41, 5.74) is 9.64. The number of fused-ring (bicyclic) bond motifs is 1. The van der Waals surface area contributed by atoms with E-state index < -0.39 is 0 Å². The lowest BCUT2D eigenvalue weighted by molar-refractivity contribution is 1.07. The molecule has 0 saturated carbocycles. The van der Waals surface area contributed by atoms with E-state index in [0.29, 0.717) is 11.6 Å². The SMILES string of the molecule is NCc1ccc(-c2ccnc3[nH]ccc23)cc1Cl. The number of hydrogen-bond donors (Lipinski definition) is 2. The quantitative estimate of drug-likeness (QED) is 0.740. The topological polar surface area (TPSA) is 54.7 Å². The Bertz CT molecular complexity index is 703. The second-order valence-corrected chi connectivity index (χ2v) is 4.52. The lowest BCUT2D eigenvalue weighted by atomic mass is 10.0. The van der Waals surface area contributed by atoms with Crippen LogP contribution in [-0.2, 0) is 6.54 Å². The van der Waals surface area contributed by atoms with Gasteiger partial charge in [0.1, 0.15) is 5.65 Å². The van der Waals surface area contributed by atoms with Gasteiger partial charge in [0, 0.05) is 29.3 Å². The molecular weight excluding hydrogens is 246 g/mol. The van der Waals surface area contributed by atoms with Crippen molar-refractivity contribution in [2.24, 2.45) is 5.73 Å². The summed E-state index contributed by atoms with van der Waals surface area (Å²) in [6.07, 6.45) is 3.68. The van der Waals surface area contributed by atoms with Gasteiger partial charge in [0.05, 0.1) is 0 Å². The molecule has 0 saturated heterocycles. The Morgan fingerprint density at radius 2 is 2.11 bits per heavy atom.